The van der Waals surface area contributed by atoms with Crippen LogP contribution in [0.2, 0.25) is 0 Å². The summed E-state index contributed by atoms with van der Waals surface area (Å²) < 4.78 is 1.95. The number of aromatic nitrogens is 3. The Labute approximate surface area is 314 Å². The van der Waals surface area contributed by atoms with Gasteiger partial charge < -0.3 is 0 Å². The SMILES string of the molecule is C/C=C\C(=C/C(C)c1ccc(-c2cccc(C)c2)cc1)c1nc(C2=CCC=CC=C2)n(-c2ccccc2)n1.C=C(C=C(C)C)C(=C)/C=C\C.CCC. The molecule has 0 N–H and O–H groups in total. The van der Waals surface area contributed by atoms with Crippen LogP contribution in [0, 0.1) is 6.92 Å². The van der Waals surface area contributed by atoms with E-state index < -0.39 is 0 Å². The second-order valence-corrected chi connectivity index (χ2v) is 13.1. The third kappa shape index (κ3) is 12.7. The first-order valence-electron chi connectivity index (χ1n) is 18.4. The van der Waals surface area contributed by atoms with Gasteiger partial charge in [-0.05, 0) is 86.9 Å². The standard InChI is InChI=1S/C35H33N3.C11H16.C3H8/c1-4-13-32(25-27(3)28-20-22-29(23-21-28)31-17-12-14-26(2)24-31)34-36-35(30-15-8-5-6-9-16-30)38(37-34)33-18-10-7-11-19-33;1-6-7-10(4)11(5)8-9(2)3;1-3-2/h4-8,10-25,27H,9H2,1-3H3;6-8H,4-5H2,1-3H3;3H2,1-2H3/b13-4-,32-25+;7-6-;. The Bertz CT molecular complexity index is 1970. The molecule has 0 fully saturated rings. The van der Waals surface area contributed by atoms with Crippen molar-refractivity contribution in [3.05, 3.63) is 198 Å². The minimum Gasteiger partial charge on any atom is -0.213 e. The number of hydrogen-bond donors (Lipinski definition) is 0. The van der Waals surface area contributed by atoms with E-state index in [9.17, 15) is 0 Å². The molecule has 1 unspecified atom stereocenters. The van der Waals surface area contributed by atoms with Gasteiger partial charge in [-0.3, -0.25) is 0 Å². The highest BCUT2D eigenvalue weighted by atomic mass is 15.4. The minimum atomic E-state index is 0.195. The zero-order valence-electron chi connectivity index (χ0n) is 32.6. The van der Waals surface area contributed by atoms with Crippen LogP contribution in [-0.4, -0.2) is 14.8 Å². The smallest absolute Gasteiger partial charge is 0.181 e. The molecule has 1 aliphatic rings. The van der Waals surface area contributed by atoms with Crippen molar-refractivity contribution in [1.82, 2.24) is 14.8 Å². The van der Waals surface area contributed by atoms with Crippen molar-refractivity contribution in [3.63, 3.8) is 0 Å². The zero-order chi connectivity index (χ0) is 37.9. The van der Waals surface area contributed by atoms with E-state index in [1.807, 2.05) is 68.8 Å². The highest BCUT2D eigenvalue weighted by Crippen LogP contribution is 2.28. The van der Waals surface area contributed by atoms with Gasteiger partial charge in [0.15, 0.2) is 11.6 Å². The fourth-order valence-electron chi connectivity index (χ4n) is 5.42. The van der Waals surface area contributed by atoms with Crippen molar-refractivity contribution in [1.29, 1.82) is 0 Å². The average molecular weight is 688 g/mol. The van der Waals surface area contributed by atoms with Crippen LogP contribution in [0.15, 0.2) is 176 Å². The molecule has 268 valence electrons. The Morgan fingerprint density at radius 1 is 0.846 bits per heavy atom. The van der Waals surface area contributed by atoms with Gasteiger partial charge in [0.25, 0.3) is 0 Å². The second-order valence-electron chi connectivity index (χ2n) is 13.1. The van der Waals surface area contributed by atoms with Crippen molar-refractivity contribution < 1.29 is 0 Å². The summed E-state index contributed by atoms with van der Waals surface area (Å²) >= 11 is 0. The molecule has 1 heterocycles. The van der Waals surface area contributed by atoms with Gasteiger partial charge in [-0.1, -0.05) is 185 Å². The van der Waals surface area contributed by atoms with Gasteiger partial charge in [-0.25, -0.2) is 9.67 Å². The lowest BCUT2D eigenvalue weighted by Crippen LogP contribution is -2.02. The molecule has 0 saturated heterocycles. The quantitative estimate of drug-likeness (QED) is 0.155. The van der Waals surface area contributed by atoms with Gasteiger partial charge in [0.2, 0.25) is 0 Å². The van der Waals surface area contributed by atoms with Crippen LogP contribution in [0.25, 0.3) is 28.0 Å². The molecule has 5 rings (SSSR count). The molecule has 52 heavy (non-hydrogen) atoms. The van der Waals surface area contributed by atoms with Gasteiger partial charge in [0.1, 0.15) is 0 Å². The third-order valence-electron chi connectivity index (χ3n) is 7.93. The van der Waals surface area contributed by atoms with Crippen molar-refractivity contribution in [2.45, 2.75) is 74.1 Å². The van der Waals surface area contributed by atoms with Crippen molar-refractivity contribution in [2.24, 2.45) is 0 Å². The van der Waals surface area contributed by atoms with E-state index in [0.717, 1.165) is 46.0 Å². The first-order valence-corrected chi connectivity index (χ1v) is 18.4. The summed E-state index contributed by atoms with van der Waals surface area (Å²) in [7, 11) is 0. The Morgan fingerprint density at radius 3 is 2.17 bits per heavy atom. The summed E-state index contributed by atoms with van der Waals surface area (Å²) in [6.07, 6.45) is 25.1. The summed E-state index contributed by atoms with van der Waals surface area (Å²) in [5.41, 5.74) is 11.3. The lowest BCUT2D eigenvalue weighted by Gasteiger charge is -2.10. The van der Waals surface area contributed by atoms with E-state index in [4.69, 9.17) is 10.1 Å². The van der Waals surface area contributed by atoms with E-state index in [-0.39, 0.29) is 5.92 Å². The molecule has 0 saturated carbocycles. The Morgan fingerprint density at radius 2 is 1.54 bits per heavy atom. The van der Waals surface area contributed by atoms with Crippen LogP contribution < -0.4 is 0 Å². The van der Waals surface area contributed by atoms with Gasteiger partial charge in [-0.15, -0.1) is 5.10 Å². The van der Waals surface area contributed by atoms with E-state index in [1.165, 1.54) is 34.2 Å². The van der Waals surface area contributed by atoms with E-state index in [1.54, 1.807) is 0 Å². The van der Waals surface area contributed by atoms with Crippen LogP contribution in [0.1, 0.15) is 90.0 Å². The molecule has 0 spiro atoms. The fourth-order valence-corrected chi connectivity index (χ4v) is 5.42. The highest BCUT2D eigenvalue weighted by Gasteiger charge is 2.17. The van der Waals surface area contributed by atoms with Crippen molar-refractivity contribution >= 4 is 11.1 Å². The number of allylic oxidation sites excluding steroid dienone is 16. The molecule has 3 nitrogen and oxygen atoms in total. The van der Waals surface area contributed by atoms with Crippen molar-refractivity contribution in [3.8, 4) is 16.8 Å². The Balaban J connectivity index is 0.000000443. The predicted molar refractivity (Wildman–Crippen MR) is 229 cm³/mol. The van der Waals surface area contributed by atoms with Gasteiger partial charge in [0.05, 0.1) is 5.69 Å². The molecule has 1 aliphatic carbocycles. The minimum absolute atomic E-state index is 0.195. The molecule has 0 amide bonds. The molecular formula is C49H57N3. The number of para-hydroxylation sites is 1. The zero-order valence-corrected chi connectivity index (χ0v) is 32.6. The molecule has 4 aromatic rings. The van der Waals surface area contributed by atoms with Gasteiger partial charge in [0, 0.05) is 11.1 Å². The molecule has 0 radical (unpaired) electrons. The van der Waals surface area contributed by atoms with E-state index in [2.05, 4.69) is 150 Å². The first-order chi connectivity index (χ1) is 25.1. The molecule has 1 aromatic heterocycles. The maximum absolute atomic E-state index is 5.06. The average Bonchev–Trinajstić information content (AvgIpc) is 3.40. The number of nitrogens with zero attached hydrogens (tertiary/aromatic N) is 3. The number of aryl methyl sites for hydroxylation is 1. The summed E-state index contributed by atoms with van der Waals surface area (Å²) in [6, 6.07) is 27.7. The number of benzene rings is 3. The van der Waals surface area contributed by atoms with Crippen LogP contribution in [0.4, 0.5) is 0 Å². The molecule has 0 bridgehead atoms. The predicted octanol–water partition coefficient (Wildman–Crippen LogP) is 14.0. The van der Waals surface area contributed by atoms with Gasteiger partial charge >= 0.3 is 0 Å². The Hall–Kier alpha value is -5.54. The lowest BCUT2D eigenvalue weighted by atomic mass is 9.95. The van der Waals surface area contributed by atoms with Crippen LogP contribution >= 0.6 is 0 Å². The lowest BCUT2D eigenvalue weighted by molar-refractivity contribution is 0.859. The molecule has 0 aliphatic heterocycles. The van der Waals surface area contributed by atoms with Crippen LogP contribution in [0.3, 0.4) is 0 Å². The van der Waals surface area contributed by atoms with Crippen LogP contribution in [0.5, 0.6) is 0 Å². The van der Waals surface area contributed by atoms with Gasteiger partial charge in [-0.2, -0.15) is 0 Å². The van der Waals surface area contributed by atoms with E-state index in [0.29, 0.717) is 0 Å². The fraction of sp³-hybridized carbons (Fsp3) is 0.224. The molecule has 3 heteroatoms. The highest BCUT2D eigenvalue weighted by molar-refractivity contribution is 5.75. The third-order valence-corrected chi connectivity index (χ3v) is 7.93. The number of hydrogen-bond acceptors (Lipinski definition) is 2. The van der Waals surface area contributed by atoms with E-state index >= 15 is 0 Å². The number of rotatable bonds is 10. The summed E-state index contributed by atoms with van der Waals surface area (Å²) in [6.45, 7) is 24.5. The topological polar surface area (TPSA) is 30.7 Å². The maximum atomic E-state index is 5.06. The largest absolute Gasteiger partial charge is 0.213 e. The summed E-state index contributed by atoms with van der Waals surface area (Å²) in [4.78, 5) is 5.06. The maximum Gasteiger partial charge on any atom is 0.181 e. The summed E-state index contributed by atoms with van der Waals surface area (Å²) in [5.74, 6) is 1.76. The van der Waals surface area contributed by atoms with Crippen molar-refractivity contribution in [2.75, 3.05) is 0 Å². The monoisotopic (exact) mass is 687 g/mol. The summed E-state index contributed by atoms with van der Waals surface area (Å²) in [5, 5.41) is 5.00. The molecule has 3 aromatic carbocycles. The first kappa shape index (κ1) is 40.9. The molecule has 1 atom stereocenters. The van der Waals surface area contributed by atoms with Crippen LogP contribution in [-0.2, 0) is 0 Å². The second kappa shape index (κ2) is 21.6. The molecular weight excluding hydrogens is 631 g/mol. The Kier molecular flexibility index (Phi) is 17.0. The normalized spacial score (nSPS) is 13.0.